The number of oxazole rings is 1. The van der Waals surface area contributed by atoms with Crippen LogP contribution in [0.4, 0.5) is 4.39 Å². The first-order valence-electron chi connectivity index (χ1n) is 9.97. The number of carbonyl (C=O) groups is 2. The van der Waals surface area contributed by atoms with Gasteiger partial charge >= 0.3 is 11.9 Å². The van der Waals surface area contributed by atoms with E-state index in [1.54, 1.807) is 37.3 Å². The Morgan fingerprint density at radius 3 is 2.56 bits per heavy atom. The third kappa shape index (κ3) is 5.93. The number of aromatic nitrogens is 1. The van der Waals surface area contributed by atoms with Crippen molar-refractivity contribution in [2.24, 2.45) is 11.7 Å². The molecule has 0 saturated heterocycles. The zero-order valence-corrected chi connectivity index (χ0v) is 18.1. The molecule has 0 spiro atoms. The van der Waals surface area contributed by atoms with Gasteiger partial charge in [-0.2, -0.15) is 0 Å². The summed E-state index contributed by atoms with van der Waals surface area (Å²) in [6.07, 6.45) is 1.90. The number of nitrogens with one attached hydrogen (secondary N) is 1. The van der Waals surface area contributed by atoms with Gasteiger partial charge in [0.05, 0.1) is 12.1 Å². The van der Waals surface area contributed by atoms with E-state index in [1.165, 1.54) is 18.3 Å². The summed E-state index contributed by atoms with van der Waals surface area (Å²) in [5, 5.41) is 12.6. The number of nitrogens with two attached hydrogens (primary N) is 1. The summed E-state index contributed by atoms with van der Waals surface area (Å²) in [5.41, 5.74) is 7.45. The first-order valence-corrected chi connectivity index (χ1v) is 10.3. The maximum atomic E-state index is 14.1. The van der Waals surface area contributed by atoms with Gasteiger partial charge in [-0.1, -0.05) is 35.9 Å². The topological polar surface area (TPSA) is 118 Å². The molecule has 0 aliphatic rings. The number of carboxylic acids is 1. The lowest BCUT2D eigenvalue weighted by Gasteiger charge is -2.21. The number of rotatable bonds is 9. The number of halogens is 2. The minimum Gasteiger partial charge on any atom is -0.481 e. The fourth-order valence-corrected chi connectivity index (χ4v) is 3.54. The molecule has 0 aliphatic heterocycles. The van der Waals surface area contributed by atoms with E-state index in [2.05, 4.69) is 10.3 Å². The van der Waals surface area contributed by atoms with E-state index in [-0.39, 0.29) is 24.7 Å². The van der Waals surface area contributed by atoms with Crippen molar-refractivity contribution in [2.75, 3.05) is 6.54 Å². The van der Waals surface area contributed by atoms with Crippen molar-refractivity contribution in [1.82, 2.24) is 10.3 Å². The first-order chi connectivity index (χ1) is 15.3. The summed E-state index contributed by atoms with van der Waals surface area (Å²) in [5.74, 6) is -2.40. The third-order valence-electron chi connectivity index (χ3n) is 5.03. The molecule has 9 heteroatoms. The SMILES string of the molecule is Cc1cnc(C(=O)N[C@H](Cc2ccc(-c3cc(Cl)ccc3F)cc2)C[C@@H](CN)C(=O)O)o1. The van der Waals surface area contributed by atoms with E-state index in [0.717, 1.165) is 5.56 Å². The lowest BCUT2D eigenvalue weighted by atomic mass is 9.94. The quantitative estimate of drug-likeness (QED) is 0.447. The van der Waals surface area contributed by atoms with Crippen LogP contribution in [0.25, 0.3) is 11.1 Å². The number of carbonyl (C=O) groups excluding carboxylic acids is 1. The molecule has 0 fully saturated rings. The number of amides is 1. The van der Waals surface area contributed by atoms with Gasteiger partial charge in [0.2, 0.25) is 0 Å². The molecule has 1 aromatic heterocycles. The standard InChI is InChI=1S/C23H23ClFN3O4/c1-13-12-27-22(32-13)21(29)28-18(9-16(11-26)23(30)31)8-14-2-4-15(5-3-14)19-10-17(24)6-7-20(19)25/h2-7,10,12,16,18H,8-9,11,26H2,1H3,(H,28,29)(H,30,31)/t16-,18+/m0/s1. The Hall–Kier alpha value is -3.23. The molecule has 1 heterocycles. The average molecular weight is 460 g/mol. The molecule has 3 rings (SSSR count). The van der Waals surface area contributed by atoms with Crippen molar-refractivity contribution in [3.05, 3.63) is 76.7 Å². The Kier molecular flexibility index (Phi) is 7.61. The Labute approximate surface area is 189 Å². The van der Waals surface area contributed by atoms with Crippen LogP contribution in [0.5, 0.6) is 0 Å². The summed E-state index contributed by atoms with van der Waals surface area (Å²) < 4.78 is 19.4. The van der Waals surface area contributed by atoms with Crippen molar-refractivity contribution in [2.45, 2.75) is 25.8 Å². The summed E-state index contributed by atoms with van der Waals surface area (Å²) in [6, 6.07) is 10.9. The van der Waals surface area contributed by atoms with Crippen LogP contribution in [0, 0.1) is 18.7 Å². The lowest BCUT2D eigenvalue weighted by Crippen LogP contribution is -2.40. The highest BCUT2D eigenvalue weighted by molar-refractivity contribution is 6.30. The molecular weight excluding hydrogens is 437 g/mol. The molecule has 2 aromatic carbocycles. The molecule has 3 aromatic rings. The minimum atomic E-state index is -1.04. The van der Waals surface area contributed by atoms with Gasteiger partial charge in [-0.25, -0.2) is 9.37 Å². The molecular formula is C23H23ClFN3O4. The number of benzene rings is 2. The summed E-state index contributed by atoms with van der Waals surface area (Å²) in [4.78, 5) is 27.9. The highest BCUT2D eigenvalue weighted by Crippen LogP contribution is 2.26. The van der Waals surface area contributed by atoms with Gasteiger partial charge in [0.1, 0.15) is 11.6 Å². The number of aliphatic carboxylic acids is 1. The molecule has 0 bridgehead atoms. The fourth-order valence-electron chi connectivity index (χ4n) is 3.37. The molecule has 0 radical (unpaired) electrons. The van der Waals surface area contributed by atoms with E-state index in [4.69, 9.17) is 21.8 Å². The number of hydrogen-bond acceptors (Lipinski definition) is 5. The van der Waals surface area contributed by atoms with Crippen LogP contribution in [-0.2, 0) is 11.2 Å². The van der Waals surface area contributed by atoms with Crippen molar-refractivity contribution in [3.63, 3.8) is 0 Å². The van der Waals surface area contributed by atoms with E-state index in [1.807, 2.05) is 0 Å². The molecule has 1 amide bonds. The van der Waals surface area contributed by atoms with Crippen LogP contribution < -0.4 is 11.1 Å². The number of aryl methyl sites for hydroxylation is 1. The predicted molar refractivity (Wildman–Crippen MR) is 118 cm³/mol. The van der Waals surface area contributed by atoms with Crippen LogP contribution in [0.3, 0.4) is 0 Å². The highest BCUT2D eigenvalue weighted by Gasteiger charge is 2.25. The van der Waals surface area contributed by atoms with E-state index < -0.39 is 23.8 Å². The molecule has 2 atom stereocenters. The molecule has 0 unspecified atom stereocenters. The maximum Gasteiger partial charge on any atom is 0.307 e. The second-order valence-corrected chi connectivity index (χ2v) is 7.91. The minimum absolute atomic E-state index is 0.0627. The zero-order chi connectivity index (χ0) is 23.3. The van der Waals surface area contributed by atoms with Crippen molar-refractivity contribution < 1.29 is 23.5 Å². The Balaban J connectivity index is 1.79. The summed E-state index contributed by atoms with van der Waals surface area (Å²) in [6.45, 7) is 1.60. The Morgan fingerprint density at radius 2 is 1.97 bits per heavy atom. The van der Waals surface area contributed by atoms with Gasteiger partial charge in [-0.05, 0) is 49.1 Å². The van der Waals surface area contributed by atoms with Gasteiger partial charge in [0, 0.05) is 23.2 Å². The average Bonchev–Trinajstić information content (AvgIpc) is 3.20. The van der Waals surface area contributed by atoms with Crippen LogP contribution in [-0.4, -0.2) is 34.6 Å². The number of hydrogen-bond donors (Lipinski definition) is 3. The van der Waals surface area contributed by atoms with Crippen molar-refractivity contribution in [1.29, 1.82) is 0 Å². The highest BCUT2D eigenvalue weighted by atomic mass is 35.5. The van der Waals surface area contributed by atoms with Crippen LogP contribution in [0.15, 0.2) is 53.1 Å². The van der Waals surface area contributed by atoms with E-state index >= 15 is 0 Å². The Morgan fingerprint density at radius 1 is 1.25 bits per heavy atom. The third-order valence-corrected chi connectivity index (χ3v) is 5.26. The molecule has 7 nitrogen and oxygen atoms in total. The number of nitrogens with zero attached hydrogens (tertiary/aromatic N) is 1. The molecule has 32 heavy (non-hydrogen) atoms. The molecule has 4 N–H and O–H groups in total. The Bertz CT molecular complexity index is 1100. The molecule has 0 saturated carbocycles. The first kappa shape index (κ1) is 23.4. The van der Waals surface area contributed by atoms with Crippen molar-refractivity contribution in [3.8, 4) is 11.1 Å². The molecule has 0 aliphatic carbocycles. The van der Waals surface area contributed by atoms with Crippen LogP contribution >= 0.6 is 11.6 Å². The summed E-state index contributed by atoms with van der Waals surface area (Å²) in [7, 11) is 0. The van der Waals surface area contributed by atoms with Crippen molar-refractivity contribution >= 4 is 23.5 Å². The predicted octanol–water partition coefficient (Wildman–Crippen LogP) is 3.83. The van der Waals surface area contributed by atoms with E-state index in [0.29, 0.717) is 28.3 Å². The van der Waals surface area contributed by atoms with Crippen LogP contribution in [0.2, 0.25) is 5.02 Å². The van der Waals surface area contributed by atoms with Gasteiger partial charge in [-0.3, -0.25) is 9.59 Å². The molecule has 168 valence electrons. The summed E-state index contributed by atoms with van der Waals surface area (Å²) >= 11 is 5.98. The van der Waals surface area contributed by atoms with Gasteiger partial charge in [0.15, 0.2) is 0 Å². The second kappa shape index (κ2) is 10.4. The van der Waals surface area contributed by atoms with Gasteiger partial charge in [-0.15, -0.1) is 0 Å². The van der Waals surface area contributed by atoms with E-state index in [9.17, 15) is 19.1 Å². The lowest BCUT2D eigenvalue weighted by molar-refractivity contribution is -0.141. The second-order valence-electron chi connectivity index (χ2n) is 7.48. The largest absolute Gasteiger partial charge is 0.481 e. The maximum absolute atomic E-state index is 14.1. The smallest absolute Gasteiger partial charge is 0.307 e. The normalized spacial score (nSPS) is 12.9. The zero-order valence-electron chi connectivity index (χ0n) is 17.3. The van der Waals surface area contributed by atoms with Gasteiger partial charge < -0.3 is 20.6 Å². The van der Waals surface area contributed by atoms with Crippen LogP contribution in [0.1, 0.15) is 28.4 Å². The fraction of sp³-hybridized carbons (Fsp3) is 0.261. The number of carboxylic acid groups (broad SMARTS) is 1. The van der Waals surface area contributed by atoms with Gasteiger partial charge in [0.25, 0.3) is 5.89 Å². The monoisotopic (exact) mass is 459 g/mol.